The zero-order valence-corrected chi connectivity index (χ0v) is 23.3. The van der Waals surface area contributed by atoms with Crippen LogP contribution >= 0.6 is 0 Å². The second kappa shape index (κ2) is 11.4. The van der Waals surface area contributed by atoms with Crippen LogP contribution in [-0.4, -0.2) is 6.71 Å². The molecule has 0 aliphatic carbocycles. The molecule has 3 rings (SSSR count). The summed E-state index contributed by atoms with van der Waals surface area (Å²) in [4.78, 5) is 0. The van der Waals surface area contributed by atoms with Crippen molar-refractivity contribution in [2.45, 2.75) is 101 Å². The second-order valence-corrected chi connectivity index (χ2v) is 10.6. The first-order chi connectivity index (χ1) is 16.2. The van der Waals surface area contributed by atoms with Gasteiger partial charge >= 0.3 is 0 Å². The Labute approximate surface area is 210 Å². The second-order valence-electron chi connectivity index (χ2n) is 10.6. The first kappa shape index (κ1) is 26.3. The number of benzene rings is 3. The van der Waals surface area contributed by atoms with Gasteiger partial charge in [0.1, 0.15) is 0 Å². The Morgan fingerprint density at radius 3 is 0.794 bits per heavy atom. The zero-order chi connectivity index (χ0) is 25.0. The van der Waals surface area contributed by atoms with Crippen LogP contribution in [0.25, 0.3) is 0 Å². The van der Waals surface area contributed by atoms with Crippen LogP contribution < -0.4 is 16.4 Å². The summed E-state index contributed by atoms with van der Waals surface area (Å²) in [5.74, 6) is 0. The topological polar surface area (TPSA) is 0 Å². The van der Waals surface area contributed by atoms with E-state index < -0.39 is 0 Å². The van der Waals surface area contributed by atoms with Gasteiger partial charge in [-0.1, -0.05) is 126 Å². The summed E-state index contributed by atoms with van der Waals surface area (Å²) in [6.45, 7) is 21.1. The van der Waals surface area contributed by atoms with Crippen molar-refractivity contribution in [1.29, 1.82) is 0 Å². The Kier molecular flexibility index (Phi) is 8.86. The molecular formula is C33H45B. The minimum Gasteiger partial charge on any atom is -0.0651 e. The van der Waals surface area contributed by atoms with E-state index >= 15 is 0 Å². The molecule has 0 saturated heterocycles. The van der Waals surface area contributed by atoms with Gasteiger partial charge in [-0.25, -0.2) is 0 Å². The van der Waals surface area contributed by atoms with Crippen molar-refractivity contribution in [3.05, 3.63) is 86.5 Å². The lowest BCUT2D eigenvalue weighted by Crippen LogP contribution is -2.57. The zero-order valence-electron chi connectivity index (χ0n) is 23.3. The van der Waals surface area contributed by atoms with Gasteiger partial charge in [-0.2, -0.15) is 0 Å². The van der Waals surface area contributed by atoms with Crippen molar-refractivity contribution in [2.24, 2.45) is 0 Å². The fraction of sp³-hybridized carbons (Fsp3) is 0.455. The molecule has 0 atom stereocenters. The standard InChI is InChI=1S/C33H45B/c1-10-13-28-16-22(4)31(23(5)17-28)34(32-24(6)18-29(14-11-2)19-25(32)7)33-26(8)20-30(15-12-3)21-27(33)9/h16-21H,10-15H2,1-9H3. The number of rotatable bonds is 9. The van der Waals surface area contributed by atoms with Crippen molar-refractivity contribution in [1.82, 2.24) is 0 Å². The predicted molar refractivity (Wildman–Crippen MR) is 154 cm³/mol. The van der Waals surface area contributed by atoms with Crippen molar-refractivity contribution in [2.75, 3.05) is 0 Å². The molecule has 0 bridgehead atoms. The molecule has 180 valence electrons. The fourth-order valence-electron chi connectivity index (χ4n) is 6.29. The molecule has 34 heavy (non-hydrogen) atoms. The smallest absolute Gasteiger partial charge is 0.0651 e. The molecule has 0 radical (unpaired) electrons. The third-order valence-corrected chi connectivity index (χ3v) is 7.44. The lowest BCUT2D eigenvalue weighted by Gasteiger charge is -2.28. The van der Waals surface area contributed by atoms with E-state index in [2.05, 4.69) is 98.7 Å². The maximum Gasteiger partial charge on any atom is 0.243 e. The third-order valence-electron chi connectivity index (χ3n) is 7.44. The maximum absolute atomic E-state index is 2.45. The summed E-state index contributed by atoms with van der Waals surface area (Å²) in [5.41, 5.74) is 17.5. The Balaban J connectivity index is 2.34. The average Bonchev–Trinajstić information content (AvgIpc) is 2.72. The van der Waals surface area contributed by atoms with Crippen LogP contribution in [0.3, 0.4) is 0 Å². The van der Waals surface area contributed by atoms with E-state index in [1.54, 1.807) is 0 Å². The Morgan fingerprint density at radius 1 is 0.412 bits per heavy atom. The first-order valence-corrected chi connectivity index (χ1v) is 13.5. The molecular weight excluding hydrogens is 407 g/mol. The SMILES string of the molecule is CCCc1cc(C)c(B(c2c(C)cc(CCC)cc2C)c2c(C)cc(CCC)cc2C)c(C)c1. The van der Waals surface area contributed by atoms with Gasteiger partial charge in [-0.15, -0.1) is 0 Å². The molecule has 1 heteroatoms. The van der Waals surface area contributed by atoms with Crippen LogP contribution in [0.2, 0.25) is 0 Å². The largest absolute Gasteiger partial charge is 0.243 e. The Morgan fingerprint density at radius 2 is 0.618 bits per heavy atom. The lowest BCUT2D eigenvalue weighted by atomic mass is 9.33. The van der Waals surface area contributed by atoms with E-state index in [1.807, 2.05) is 0 Å². The summed E-state index contributed by atoms with van der Waals surface area (Å²) in [7, 11) is 0. The highest BCUT2D eigenvalue weighted by molar-refractivity contribution is 6.97. The third kappa shape index (κ3) is 5.51. The summed E-state index contributed by atoms with van der Waals surface area (Å²) < 4.78 is 0. The average molecular weight is 453 g/mol. The minimum atomic E-state index is 0.266. The van der Waals surface area contributed by atoms with Crippen LogP contribution in [0.15, 0.2) is 36.4 Å². The number of hydrogen-bond acceptors (Lipinski definition) is 0. The van der Waals surface area contributed by atoms with E-state index in [1.165, 1.54) is 85.7 Å². The normalized spacial score (nSPS) is 11.2. The summed E-state index contributed by atoms with van der Waals surface area (Å²) in [5, 5.41) is 0. The summed E-state index contributed by atoms with van der Waals surface area (Å²) in [6, 6.07) is 14.7. The van der Waals surface area contributed by atoms with E-state index in [0.717, 1.165) is 19.3 Å². The van der Waals surface area contributed by atoms with Gasteiger partial charge in [0.15, 0.2) is 0 Å². The molecule has 0 saturated carbocycles. The molecule has 0 nitrogen and oxygen atoms in total. The van der Waals surface area contributed by atoms with Gasteiger partial charge in [-0.05, 0) is 77.5 Å². The van der Waals surface area contributed by atoms with Crippen molar-refractivity contribution >= 4 is 23.1 Å². The van der Waals surface area contributed by atoms with Gasteiger partial charge in [-0.3, -0.25) is 0 Å². The maximum atomic E-state index is 2.45. The highest BCUT2D eigenvalue weighted by Crippen LogP contribution is 2.18. The molecule has 3 aromatic carbocycles. The molecule has 0 spiro atoms. The summed E-state index contributed by atoms with van der Waals surface area (Å²) in [6.07, 6.45) is 7.03. The molecule has 3 aromatic rings. The fourth-order valence-corrected chi connectivity index (χ4v) is 6.29. The quantitative estimate of drug-likeness (QED) is 0.310. The van der Waals surface area contributed by atoms with E-state index in [4.69, 9.17) is 0 Å². The van der Waals surface area contributed by atoms with Crippen LogP contribution in [0.5, 0.6) is 0 Å². The summed E-state index contributed by atoms with van der Waals surface area (Å²) >= 11 is 0. The molecule has 0 aliphatic heterocycles. The molecule has 0 unspecified atom stereocenters. The van der Waals surface area contributed by atoms with E-state index in [-0.39, 0.29) is 6.71 Å². The molecule has 0 fully saturated rings. The predicted octanol–water partition coefficient (Wildman–Crippen LogP) is 6.91. The van der Waals surface area contributed by atoms with Gasteiger partial charge in [0.2, 0.25) is 6.71 Å². The molecule has 0 aromatic heterocycles. The minimum absolute atomic E-state index is 0.266. The number of aryl methyl sites for hydroxylation is 9. The first-order valence-electron chi connectivity index (χ1n) is 13.5. The van der Waals surface area contributed by atoms with Crippen molar-refractivity contribution in [3.63, 3.8) is 0 Å². The van der Waals surface area contributed by atoms with Gasteiger partial charge in [0.05, 0.1) is 0 Å². The van der Waals surface area contributed by atoms with Crippen LogP contribution in [0, 0.1) is 41.5 Å². The highest BCUT2D eigenvalue weighted by Gasteiger charge is 2.31. The van der Waals surface area contributed by atoms with Crippen LogP contribution in [0.4, 0.5) is 0 Å². The Bertz CT molecular complexity index is 936. The van der Waals surface area contributed by atoms with Crippen LogP contribution in [0.1, 0.15) is 90.1 Å². The Hall–Kier alpha value is -2.28. The van der Waals surface area contributed by atoms with E-state index in [9.17, 15) is 0 Å². The molecule has 0 aliphatic rings. The lowest BCUT2D eigenvalue weighted by molar-refractivity contribution is 0.918. The van der Waals surface area contributed by atoms with Gasteiger partial charge < -0.3 is 0 Å². The highest BCUT2D eigenvalue weighted by atomic mass is 14.2. The van der Waals surface area contributed by atoms with Gasteiger partial charge in [0.25, 0.3) is 0 Å². The van der Waals surface area contributed by atoms with Crippen LogP contribution in [-0.2, 0) is 19.3 Å². The van der Waals surface area contributed by atoms with Gasteiger partial charge in [0, 0.05) is 0 Å². The van der Waals surface area contributed by atoms with Crippen molar-refractivity contribution < 1.29 is 0 Å². The van der Waals surface area contributed by atoms with Crippen molar-refractivity contribution in [3.8, 4) is 0 Å². The molecule has 0 heterocycles. The number of hydrogen-bond donors (Lipinski definition) is 0. The monoisotopic (exact) mass is 452 g/mol. The van der Waals surface area contributed by atoms with E-state index in [0.29, 0.717) is 0 Å². The molecule has 0 amide bonds. The molecule has 0 N–H and O–H groups in total.